The third kappa shape index (κ3) is 4.69. The summed E-state index contributed by atoms with van der Waals surface area (Å²) in [4.78, 5) is 23.6. The molecule has 0 spiro atoms. The number of benzene rings is 1. The van der Waals surface area contributed by atoms with Crippen molar-refractivity contribution in [1.82, 2.24) is 5.43 Å². The number of ether oxygens (including phenoxy) is 1. The molecule has 0 aromatic heterocycles. The molecule has 1 aliphatic carbocycles. The lowest BCUT2D eigenvalue weighted by atomic mass is 9.76. The number of hydrogen-bond acceptors (Lipinski definition) is 4. The maximum absolute atomic E-state index is 11.9. The maximum Gasteiger partial charge on any atom is 0.244 e. The quantitative estimate of drug-likeness (QED) is 0.869. The van der Waals surface area contributed by atoms with Crippen LogP contribution in [0.15, 0.2) is 29.4 Å². The van der Waals surface area contributed by atoms with Gasteiger partial charge in [0.2, 0.25) is 5.91 Å². The first-order valence-corrected chi connectivity index (χ1v) is 7.37. The summed E-state index contributed by atoms with van der Waals surface area (Å²) in [6.45, 7) is 4.08. The minimum atomic E-state index is -0.187. The first kappa shape index (κ1) is 16.2. The molecule has 0 heterocycles. The molecule has 0 atom stereocenters. The minimum absolute atomic E-state index is 0.0745. The molecule has 22 heavy (non-hydrogen) atoms. The van der Waals surface area contributed by atoms with E-state index in [1.54, 1.807) is 7.11 Å². The number of amides is 1. The summed E-state index contributed by atoms with van der Waals surface area (Å²) in [6.07, 6.45) is 1.90. The summed E-state index contributed by atoms with van der Waals surface area (Å²) in [5.41, 5.74) is 4.12. The SMILES string of the molecule is COc1ccc(CC(=O)NN=C2CC(=O)CC(C)(C)C2)cc1. The van der Waals surface area contributed by atoms with Gasteiger partial charge in [0.05, 0.1) is 13.5 Å². The zero-order valence-corrected chi connectivity index (χ0v) is 13.3. The minimum Gasteiger partial charge on any atom is -0.497 e. The van der Waals surface area contributed by atoms with Gasteiger partial charge in [-0.05, 0) is 29.5 Å². The van der Waals surface area contributed by atoms with Crippen LogP contribution in [0, 0.1) is 5.41 Å². The number of nitrogens with one attached hydrogen (secondary N) is 1. The smallest absolute Gasteiger partial charge is 0.244 e. The molecule has 5 nitrogen and oxygen atoms in total. The fraction of sp³-hybridized carbons (Fsp3) is 0.471. The number of carbonyl (C=O) groups excluding carboxylic acids is 2. The van der Waals surface area contributed by atoms with Crippen LogP contribution in [0.4, 0.5) is 0 Å². The highest BCUT2D eigenvalue weighted by Crippen LogP contribution is 2.31. The van der Waals surface area contributed by atoms with Gasteiger partial charge >= 0.3 is 0 Å². The van der Waals surface area contributed by atoms with Crippen LogP contribution in [-0.2, 0) is 16.0 Å². The van der Waals surface area contributed by atoms with Gasteiger partial charge in [-0.1, -0.05) is 26.0 Å². The topological polar surface area (TPSA) is 67.8 Å². The Balaban J connectivity index is 1.91. The summed E-state index contributed by atoms with van der Waals surface area (Å²) >= 11 is 0. The molecule has 1 aromatic rings. The molecule has 0 unspecified atom stereocenters. The van der Waals surface area contributed by atoms with Crippen LogP contribution in [-0.4, -0.2) is 24.5 Å². The van der Waals surface area contributed by atoms with Crippen LogP contribution in [0.5, 0.6) is 5.75 Å². The summed E-state index contributed by atoms with van der Waals surface area (Å²) in [7, 11) is 1.60. The monoisotopic (exact) mass is 302 g/mol. The number of Topliss-reactive ketones (excluding diaryl/α,β-unsaturated/α-hetero) is 1. The Labute approximate surface area is 130 Å². The predicted molar refractivity (Wildman–Crippen MR) is 84.9 cm³/mol. The van der Waals surface area contributed by atoms with Crippen LogP contribution in [0.1, 0.15) is 38.7 Å². The van der Waals surface area contributed by atoms with Crippen molar-refractivity contribution >= 4 is 17.4 Å². The Morgan fingerprint density at radius 3 is 2.55 bits per heavy atom. The van der Waals surface area contributed by atoms with E-state index < -0.39 is 0 Å². The van der Waals surface area contributed by atoms with E-state index in [1.165, 1.54) is 0 Å². The molecule has 1 fully saturated rings. The average Bonchev–Trinajstić information content (AvgIpc) is 2.44. The van der Waals surface area contributed by atoms with Crippen molar-refractivity contribution in [3.05, 3.63) is 29.8 Å². The summed E-state index contributed by atoms with van der Waals surface area (Å²) in [5.74, 6) is 0.750. The van der Waals surface area contributed by atoms with E-state index in [2.05, 4.69) is 10.5 Å². The highest BCUT2D eigenvalue weighted by atomic mass is 16.5. The lowest BCUT2D eigenvalue weighted by molar-refractivity contribution is -0.121. The molecular formula is C17H22N2O3. The largest absolute Gasteiger partial charge is 0.497 e. The molecular weight excluding hydrogens is 280 g/mol. The number of hydrogen-bond donors (Lipinski definition) is 1. The van der Waals surface area contributed by atoms with Crippen molar-refractivity contribution in [3.8, 4) is 5.75 Å². The lowest BCUT2D eigenvalue weighted by Gasteiger charge is -2.29. The normalized spacial score (nSPS) is 19.0. The molecule has 5 heteroatoms. The van der Waals surface area contributed by atoms with Crippen LogP contribution < -0.4 is 10.2 Å². The van der Waals surface area contributed by atoms with Crippen molar-refractivity contribution < 1.29 is 14.3 Å². The number of rotatable bonds is 4. The van der Waals surface area contributed by atoms with Gasteiger partial charge in [0, 0.05) is 18.6 Å². The molecule has 1 saturated carbocycles. The van der Waals surface area contributed by atoms with Gasteiger partial charge in [0.1, 0.15) is 11.5 Å². The van der Waals surface area contributed by atoms with Gasteiger partial charge < -0.3 is 4.74 Å². The highest BCUT2D eigenvalue weighted by Gasteiger charge is 2.30. The second-order valence-electron chi connectivity index (χ2n) is 6.47. The van der Waals surface area contributed by atoms with Gasteiger partial charge in [-0.15, -0.1) is 0 Å². The van der Waals surface area contributed by atoms with E-state index in [-0.39, 0.29) is 23.5 Å². The molecule has 1 aromatic carbocycles. The third-order valence-electron chi connectivity index (χ3n) is 3.62. The standard InChI is InChI=1S/C17H22N2O3/c1-17(2)10-13(9-14(20)11-17)18-19-16(21)8-12-4-6-15(22-3)7-5-12/h4-7H,8-11H2,1-3H3,(H,19,21). The van der Waals surface area contributed by atoms with Crippen LogP contribution in [0.2, 0.25) is 0 Å². The van der Waals surface area contributed by atoms with Crippen molar-refractivity contribution in [2.45, 2.75) is 39.5 Å². The Morgan fingerprint density at radius 1 is 1.27 bits per heavy atom. The van der Waals surface area contributed by atoms with E-state index in [1.807, 2.05) is 38.1 Å². The van der Waals surface area contributed by atoms with Gasteiger partial charge in [-0.3, -0.25) is 9.59 Å². The van der Waals surface area contributed by atoms with Gasteiger partial charge in [-0.25, -0.2) is 5.43 Å². The van der Waals surface area contributed by atoms with E-state index >= 15 is 0 Å². The van der Waals surface area contributed by atoms with Crippen molar-refractivity contribution in [2.24, 2.45) is 10.5 Å². The van der Waals surface area contributed by atoms with Crippen LogP contribution in [0.3, 0.4) is 0 Å². The molecule has 1 amide bonds. The van der Waals surface area contributed by atoms with E-state index in [0.29, 0.717) is 12.8 Å². The Bertz CT molecular complexity index is 588. The van der Waals surface area contributed by atoms with Crippen molar-refractivity contribution in [3.63, 3.8) is 0 Å². The van der Waals surface area contributed by atoms with Crippen LogP contribution >= 0.6 is 0 Å². The zero-order valence-electron chi connectivity index (χ0n) is 13.3. The van der Waals surface area contributed by atoms with Gasteiger partial charge in [0.15, 0.2) is 0 Å². The predicted octanol–water partition coefficient (Wildman–Crippen LogP) is 2.49. The lowest BCUT2D eigenvalue weighted by Crippen LogP contribution is -2.31. The zero-order chi connectivity index (χ0) is 16.2. The number of ketones is 1. The van der Waals surface area contributed by atoms with E-state index in [9.17, 15) is 9.59 Å². The number of methoxy groups -OCH3 is 1. The van der Waals surface area contributed by atoms with E-state index in [0.717, 1.165) is 23.4 Å². The summed E-state index contributed by atoms with van der Waals surface area (Å²) < 4.78 is 5.08. The molecule has 0 bridgehead atoms. The molecule has 0 radical (unpaired) electrons. The van der Waals surface area contributed by atoms with E-state index in [4.69, 9.17) is 4.74 Å². The Morgan fingerprint density at radius 2 is 1.95 bits per heavy atom. The molecule has 0 aliphatic heterocycles. The van der Waals surface area contributed by atoms with Crippen molar-refractivity contribution in [2.75, 3.05) is 7.11 Å². The molecule has 0 saturated heterocycles. The summed E-state index contributed by atoms with van der Waals surface area (Å²) in [6, 6.07) is 7.32. The maximum atomic E-state index is 11.9. The fourth-order valence-electron chi connectivity index (χ4n) is 2.69. The Kier molecular flexibility index (Phi) is 4.96. The van der Waals surface area contributed by atoms with Gasteiger partial charge in [0.25, 0.3) is 0 Å². The summed E-state index contributed by atoms with van der Waals surface area (Å²) in [5, 5.41) is 4.13. The van der Waals surface area contributed by atoms with Gasteiger partial charge in [-0.2, -0.15) is 5.10 Å². The Hall–Kier alpha value is -2.17. The highest BCUT2D eigenvalue weighted by molar-refractivity contribution is 6.05. The second kappa shape index (κ2) is 6.73. The second-order valence-corrected chi connectivity index (χ2v) is 6.47. The molecule has 118 valence electrons. The van der Waals surface area contributed by atoms with Crippen molar-refractivity contribution in [1.29, 1.82) is 0 Å². The average molecular weight is 302 g/mol. The molecule has 1 N–H and O–H groups in total. The first-order chi connectivity index (χ1) is 10.4. The number of carbonyl (C=O) groups is 2. The third-order valence-corrected chi connectivity index (χ3v) is 3.62. The molecule has 2 rings (SSSR count). The first-order valence-electron chi connectivity index (χ1n) is 7.37. The molecule has 1 aliphatic rings. The number of hydrazone groups is 1. The fourth-order valence-corrected chi connectivity index (χ4v) is 2.69. The number of nitrogens with zero attached hydrogens (tertiary/aromatic N) is 1. The van der Waals surface area contributed by atoms with Crippen LogP contribution in [0.25, 0.3) is 0 Å².